The van der Waals surface area contributed by atoms with E-state index < -0.39 is 0 Å². The minimum atomic E-state index is -0.288. The van der Waals surface area contributed by atoms with Crippen molar-refractivity contribution in [2.45, 2.75) is 37.6 Å². The summed E-state index contributed by atoms with van der Waals surface area (Å²) in [5.74, 6) is 1.48. The van der Waals surface area contributed by atoms with Gasteiger partial charge in [-0.05, 0) is 78.8 Å². The first-order valence-corrected chi connectivity index (χ1v) is 10.7. The second-order valence-electron chi connectivity index (χ2n) is 8.07. The van der Waals surface area contributed by atoms with Gasteiger partial charge in [0.25, 0.3) is 5.91 Å². The minimum absolute atomic E-state index is 0.0790. The lowest BCUT2D eigenvalue weighted by Crippen LogP contribution is -2.54. The van der Waals surface area contributed by atoms with Crippen molar-refractivity contribution in [3.8, 4) is 5.75 Å². The molecule has 2 amide bonds. The quantitative estimate of drug-likeness (QED) is 0.836. The van der Waals surface area contributed by atoms with E-state index in [9.17, 15) is 9.59 Å². The van der Waals surface area contributed by atoms with Crippen LogP contribution in [0.15, 0.2) is 41.1 Å². The molecule has 0 bridgehead atoms. The van der Waals surface area contributed by atoms with Crippen LogP contribution in [0.25, 0.3) is 0 Å². The SMILES string of the molecule is COc1ccc(C(=O)NC2(C)CCN(C(=O)[C@@H]3C[C@H]3c3ccsc3)CC2)cc1. The molecule has 5 nitrogen and oxygen atoms in total. The smallest absolute Gasteiger partial charge is 0.251 e. The molecule has 6 heteroatoms. The van der Waals surface area contributed by atoms with Crippen LogP contribution in [-0.2, 0) is 4.79 Å². The Morgan fingerprint density at radius 1 is 1.18 bits per heavy atom. The van der Waals surface area contributed by atoms with Crippen molar-refractivity contribution in [2.75, 3.05) is 20.2 Å². The number of amides is 2. The van der Waals surface area contributed by atoms with E-state index in [1.54, 1.807) is 42.7 Å². The van der Waals surface area contributed by atoms with Crippen molar-refractivity contribution < 1.29 is 14.3 Å². The first-order valence-electron chi connectivity index (χ1n) is 9.76. The highest BCUT2D eigenvalue weighted by atomic mass is 32.1. The van der Waals surface area contributed by atoms with E-state index in [0.717, 1.165) is 25.0 Å². The third-order valence-electron chi connectivity index (χ3n) is 6.03. The van der Waals surface area contributed by atoms with Crippen LogP contribution in [0.5, 0.6) is 5.75 Å². The summed E-state index contributed by atoms with van der Waals surface area (Å²) in [5, 5.41) is 7.40. The van der Waals surface area contributed by atoms with Crippen LogP contribution >= 0.6 is 11.3 Å². The van der Waals surface area contributed by atoms with Gasteiger partial charge in [0, 0.05) is 30.1 Å². The Bertz CT molecular complexity index is 839. The molecule has 4 rings (SSSR count). The average molecular weight is 399 g/mol. The Kier molecular flexibility index (Phi) is 5.15. The molecule has 148 valence electrons. The standard InChI is InChI=1S/C22H26N2O3S/c1-22(23-20(25)15-3-5-17(27-2)6-4-15)8-10-24(11-9-22)21(26)19-13-18(19)16-7-12-28-14-16/h3-7,12,14,18-19H,8-11,13H2,1-2H3,(H,23,25)/t18-,19+/m0/s1. The number of carbonyl (C=O) groups excluding carboxylic acids is 2. The van der Waals surface area contributed by atoms with Crippen LogP contribution in [0.2, 0.25) is 0 Å². The predicted octanol–water partition coefficient (Wildman–Crippen LogP) is 3.67. The Balaban J connectivity index is 1.30. The molecule has 2 atom stereocenters. The molecule has 28 heavy (non-hydrogen) atoms. The fraction of sp³-hybridized carbons (Fsp3) is 0.455. The summed E-state index contributed by atoms with van der Waals surface area (Å²) in [6.07, 6.45) is 2.52. The van der Waals surface area contributed by atoms with Crippen LogP contribution in [0, 0.1) is 5.92 Å². The number of benzene rings is 1. The van der Waals surface area contributed by atoms with Crippen LogP contribution in [0.1, 0.15) is 48.0 Å². The summed E-state index contributed by atoms with van der Waals surface area (Å²) in [6, 6.07) is 9.25. The highest BCUT2D eigenvalue weighted by Gasteiger charge is 2.47. The largest absolute Gasteiger partial charge is 0.497 e. The normalized spacial score (nSPS) is 23.1. The van der Waals surface area contributed by atoms with Gasteiger partial charge in [-0.15, -0.1) is 0 Å². The van der Waals surface area contributed by atoms with E-state index >= 15 is 0 Å². The number of carbonyl (C=O) groups is 2. The van der Waals surface area contributed by atoms with Gasteiger partial charge in [-0.3, -0.25) is 9.59 Å². The molecule has 0 spiro atoms. The first-order chi connectivity index (χ1) is 13.5. The number of nitrogens with one attached hydrogen (secondary N) is 1. The number of hydrogen-bond donors (Lipinski definition) is 1. The maximum atomic E-state index is 12.8. The highest BCUT2D eigenvalue weighted by Crippen LogP contribution is 2.49. The van der Waals surface area contributed by atoms with Crippen LogP contribution in [0.3, 0.4) is 0 Å². The number of likely N-dealkylation sites (tertiary alicyclic amines) is 1. The van der Waals surface area contributed by atoms with Gasteiger partial charge in [0.2, 0.25) is 5.91 Å². The topological polar surface area (TPSA) is 58.6 Å². The second-order valence-corrected chi connectivity index (χ2v) is 8.85. The Labute approximate surface area is 169 Å². The molecule has 0 radical (unpaired) electrons. The van der Waals surface area contributed by atoms with Gasteiger partial charge in [0.05, 0.1) is 7.11 Å². The Hall–Kier alpha value is -2.34. The molecule has 1 N–H and O–H groups in total. The Morgan fingerprint density at radius 3 is 2.50 bits per heavy atom. The lowest BCUT2D eigenvalue weighted by atomic mass is 9.89. The molecule has 0 unspecified atom stereocenters. The third kappa shape index (κ3) is 3.92. The maximum Gasteiger partial charge on any atom is 0.251 e. The van der Waals surface area contributed by atoms with E-state index in [-0.39, 0.29) is 23.3 Å². The number of methoxy groups -OCH3 is 1. The van der Waals surface area contributed by atoms with E-state index in [0.29, 0.717) is 24.6 Å². The van der Waals surface area contributed by atoms with Gasteiger partial charge in [0.15, 0.2) is 0 Å². The third-order valence-corrected chi connectivity index (χ3v) is 6.73. The average Bonchev–Trinajstić information content (AvgIpc) is 3.32. The molecule has 1 aliphatic heterocycles. The summed E-state index contributed by atoms with van der Waals surface area (Å²) in [5.41, 5.74) is 1.64. The van der Waals surface area contributed by atoms with Gasteiger partial charge >= 0.3 is 0 Å². The number of piperidine rings is 1. The molecule has 2 aliphatic rings. The fourth-order valence-electron chi connectivity index (χ4n) is 3.99. The van der Waals surface area contributed by atoms with Crippen molar-refractivity contribution in [1.29, 1.82) is 0 Å². The minimum Gasteiger partial charge on any atom is -0.497 e. The van der Waals surface area contributed by atoms with Crippen molar-refractivity contribution in [3.63, 3.8) is 0 Å². The summed E-state index contributed by atoms with van der Waals surface area (Å²) in [6.45, 7) is 3.47. The van der Waals surface area contributed by atoms with Gasteiger partial charge in [-0.1, -0.05) is 0 Å². The zero-order chi connectivity index (χ0) is 19.7. The molecular formula is C22H26N2O3S. The van der Waals surface area contributed by atoms with Crippen molar-refractivity contribution in [1.82, 2.24) is 10.2 Å². The predicted molar refractivity (Wildman–Crippen MR) is 110 cm³/mol. The number of thiophene rings is 1. The molecule has 1 saturated carbocycles. The van der Waals surface area contributed by atoms with Crippen molar-refractivity contribution in [2.24, 2.45) is 5.92 Å². The van der Waals surface area contributed by atoms with E-state index in [1.165, 1.54) is 5.56 Å². The lowest BCUT2D eigenvalue weighted by molar-refractivity contribution is -0.134. The molecule has 2 aromatic rings. The first kappa shape index (κ1) is 19.0. The zero-order valence-corrected chi connectivity index (χ0v) is 17.1. The van der Waals surface area contributed by atoms with Crippen LogP contribution < -0.4 is 10.1 Å². The number of ether oxygens (including phenoxy) is 1. The zero-order valence-electron chi connectivity index (χ0n) is 16.3. The molecule has 1 aromatic carbocycles. The molecule has 2 heterocycles. The molecule has 1 saturated heterocycles. The second kappa shape index (κ2) is 7.59. The summed E-state index contributed by atoms with van der Waals surface area (Å²) in [7, 11) is 1.61. The number of hydrogen-bond acceptors (Lipinski definition) is 4. The lowest BCUT2D eigenvalue weighted by Gasteiger charge is -2.40. The van der Waals surface area contributed by atoms with Gasteiger partial charge in [-0.25, -0.2) is 0 Å². The van der Waals surface area contributed by atoms with Crippen molar-refractivity contribution >= 4 is 23.2 Å². The number of nitrogens with zero attached hydrogens (tertiary/aromatic N) is 1. The highest BCUT2D eigenvalue weighted by molar-refractivity contribution is 7.08. The van der Waals surface area contributed by atoms with E-state index in [1.807, 2.05) is 4.90 Å². The monoisotopic (exact) mass is 398 g/mol. The molecule has 2 fully saturated rings. The fourth-order valence-corrected chi connectivity index (χ4v) is 4.72. The van der Waals surface area contributed by atoms with Crippen LogP contribution in [-0.4, -0.2) is 42.5 Å². The van der Waals surface area contributed by atoms with E-state index in [2.05, 4.69) is 29.1 Å². The van der Waals surface area contributed by atoms with Crippen molar-refractivity contribution in [3.05, 3.63) is 52.2 Å². The van der Waals surface area contributed by atoms with E-state index in [4.69, 9.17) is 4.74 Å². The maximum absolute atomic E-state index is 12.8. The molecular weight excluding hydrogens is 372 g/mol. The van der Waals surface area contributed by atoms with Gasteiger partial charge < -0.3 is 15.0 Å². The summed E-state index contributed by atoms with van der Waals surface area (Å²) < 4.78 is 5.14. The van der Waals surface area contributed by atoms with Gasteiger partial charge in [0.1, 0.15) is 5.75 Å². The molecule has 1 aliphatic carbocycles. The summed E-state index contributed by atoms with van der Waals surface area (Å²) in [4.78, 5) is 27.4. The number of rotatable bonds is 5. The Morgan fingerprint density at radius 2 is 1.89 bits per heavy atom. The van der Waals surface area contributed by atoms with Gasteiger partial charge in [-0.2, -0.15) is 11.3 Å². The summed E-state index contributed by atoms with van der Waals surface area (Å²) >= 11 is 1.69. The molecule has 1 aromatic heterocycles. The van der Waals surface area contributed by atoms with Crippen LogP contribution in [0.4, 0.5) is 0 Å².